The average Bonchev–Trinajstić information content (AvgIpc) is 3.23. The summed E-state index contributed by atoms with van der Waals surface area (Å²) in [4.78, 5) is 39.4. The molecule has 36 heavy (non-hydrogen) atoms. The average molecular weight is 510 g/mol. The number of ketones is 2. The highest BCUT2D eigenvalue weighted by Crippen LogP contribution is 2.32. The molecule has 6 nitrogen and oxygen atoms in total. The van der Waals surface area contributed by atoms with Gasteiger partial charge in [-0.3, -0.25) is 9.59 Å². The van der Waals surface area contributed by atoms with Crippen molar-refractivity contribution in [3.05, 3.63) is 71.3 Å². The SMILES string of the molecule is C[C@@H]1CCC[N+]1(C(=O)OC(C)(C)C)C(=S)CCC(=O)[C@@H](N)Cc1cccc(C(=O)c2ccccc2)c1. The number of Topliss-reactive ketones (excluding diaryl/α,β-unsaturated/α-hetero) is 1. The molecule has 0 aliphatic carbocycles. The number of nitrogens with two attached hydrogens (primary N) is 1. The Morgan fingerprint density at radius 1 is 1.06 bits per heavy atom. The molecule has 1 aliphatic heterocycles. The number of thiocarbonyl (C=S) groups is 1. The molecule has 1 unspecified atom stereocenters. The molecule has 2 aromatic rings. The van der Waals surface area contributed by atoms with Crippen LogP contribution in [0.25, 0.3) is 0 Å². The van der Waals surface area contributed by atoms with E-state index in [4.69, 9.17) is 22.7 Å². The van der Waals surface area contributed by atoms with Gasteiger partial charge in [0.25, 0.3) is 0 Å². The van der Waals surface area contributed by atoms with Gasteiger partial charge in [-0.15, -0.1) is 0 Å². The molecule has 1 aliphatic rings. The summed E-state index contributed by atoms with van der Waals surface area (Å²) in [5, 5.41) is 0. The highest BCUT2D eigenvalue weighted by Gasteiger charge is 2.52. The zero-order chi connectivity index (χ0) is 26.5. The monoisotopic (exact) mass is 509 g/mol. The van der Waals surface area contributed by atoms with Gasteiger partial charge in [0.15, 0.2) is 10.8 Å². The Hall–Kier alpha value is -2.74. The number of amides is 1. The summed E-state index contributed by atoms with van der Waals surface area (Å²) in [5.41, 5.74) is 7.64. The number of likely N-dealkylation sites (tertiary alicyclic amines) is 1. The summed E-state index contributed by atoms with van der Waals surface area (Å²) >= 11 is 5.74. The Bertz CT molecular complexity index is 1130. The van der Waals surface area contributed by atoms with E-state index in [2.05, 4.69) is 0 Å². The van der Waals surface area contributed by atoms with Gasteiger partial charge in [0.05, 0.1) is 12.6 Å². The van der Waals surface area contributed by atoms with E-state index in [-0.39, 0.29) is 34.6 Å². The van der Waals surface area contributed by atoms with Gasteiger partial charge in [-0.25, -0.2) is 0 Å². The first-order valence-electron chi connectivity index (χ1n) is 12.6. The standard InChI is InChI=1S/C29H37N2O4S/c1-20-10-9-17-31(20,28(34)35-29(2,3)4)26(36)16-15-25(32)24(30)19-21-11-8-14-23(18-21)27(33)22-12-6-5-7-13-22/h5-8,11-14,18,20,24H,9-10,15-17,19,30H2,1-4H3/q+1/t20-,24+,31?/m1/s1. The predicted molar refractivity (Wildman–Crippen MR) is 145 cm³/mol. The van der Waals surface area contributed by atoms with Gasteiger partial charge in [0, 0.05) is 36.8 Å². The predicted octanol–water partition coefficient (Wildman–Crippen LogP) is 5.40. The molecule has 1 saturated heterocycles. The summed E-state index contributed by atoms with van der Waals surface area (Å²) in [5.74, 6) is -0.190. The minimum absolute atomic E-state index is 0.00123. The Morgan fingerprint density at radius 2 is 1.72 bits per heavy atom. The summed E-state index contributed by atoms with van der Waals surface area (Å²) in [6.45, 7) is 8.14. The van der Waals surface area contributed by atoms with E-state index in [0.29, 0.717) is 35.5 Å². The first kappa shape index (κ1) is 27.8. The van der Waals surface area contributed by atoms with Gasteiger partial charge in [-0.05, 0) is 58.0 Å². The fourth-order valence-electron chi connectivity index (χ4n) is 4.74. The van der Waals surface area contributed by atoms with E-state index in [9.17, 15) is 14.4 Å². The third-order valence-corrected chi connectivity index (χ3v) is 7.26. The Morgan fingerprint density at radius 3 is 2.33 bits per heavy atom. The van der Waals surface area contributed by atoms with E-state index in [1.54, 1.807) is 30.3 Å². The lowest BCUT2D eigenvalue weighted by molar-refractivity contribution is -0.778. The van der Waals surface area contributed by atoms with Crippen LogP contribution in [0.5, 0.6) is 0 Å². The molecular weight excluding hydrogens is 472 g/mol. The molecular formula is C29H37N2O4S+. The minimum atomic E-state index is -0.721. The van der Waals surface area contributed by atoms with Crippen LogP contribution >= 0.6 is 12.2 Å². The maximum Gasteiger partial charge on any atom is 0.522 e. The second-order valence-electron chi connectivity index (χ2n) is 10.6. The fraction of sp³-hybridized carbons (Fsp3) is 0.448. The van der Waals surface area contributed by atoms with Crippen molar-refractivity contribution in [3.63, 3.8) is 0 Å². The summed E-state index contributed by atoms with van der Waals surface area (Å²) in [7, 11) is 0. The van der Waals surface area contributed by atoms with Gasteiger partial charge < -0.3 is 10.5 Å². The quantitative estimate of drug-likeness (QED) is 0.291. The number of quaternary nitrogens is 1. The lowest BCUT2D eigenvalue weighted by Crippen LogP contribution is -2.59. The molecule has 2 N–H and O–H groups in total. The number of carbonyl (C=O) groups is 3. The molecule has 1 amide bonds. The first-order chi connectivity index (χ1) is 16.9. The van der Waals surface area contributed by atoms with Crippen LogP contribution in [-0.2, 0) is 16.0 Å². The van der Waals surface area contributed by atoms with Crippen molar-refractivity contribution < 1.29 is 23.6 Å². The van der Waals surface area contributed by atoms with Crippen molar-refractivity contribution in [2.75, 3.05) is 6.54 Å². The first-order valence-corrected chi connectivity index (χ1v) is 13.0. The molecule has 192 valence electrons. The van der Waals surface area contributed by atoms with Crippen LogP contribution < -0.4 is 5.73 Å². The van der Waals surface area contributed by atoms with Crippen molar-refractivity contribution in [3.8, 4) is 0 Å². The lowest BCUT2D eigenvalue weighted by Gasteiger charge is -2.36. The van der Waals surface area contributed by atoms with Crippen molar-refractivity contribution in [2.24, 2.45) is 5.73 Å². The molecule has 3 rings (SSSR count). The number of ether oxygens (including phenoxy) is 1. The van der Waals surface area contributed by atoms with Gasteiger partial charge in [0.2, 0.25) is 0 Å². The van der Waals surface area contributed by atoms with Crippen LogP contribution in [0.2, 0.25) is 0 Å². The van der Waals surface area contributed by atoms with Crippen LogP contribution in [0.1, 0.15) is 74.9 Å². The third kappa shape index (κ3) is 6.52. The second kappa shape index (κ2) is 11.5. The topological polar surface area (TPSA) is 86.5 Å². The molecule has 0 spiro atoms. The highest BCUT2D eigenvalue weighted by atomic mass is 32.1. The second-order valence-corrected chi connectivity index (χ2v) is 11.1. The van der Waals surface area contributed by atoms with Gasteiger partial charge in [-0.1, -0.05) is 48.5 Å². The van der Waals surface area contributed by atoms with Crippen LogP contribution in [-0.4, -0.2) is 51.4 Å². The van der Waals surface area contributed by atoms with Gasteiger partial charge in [-0.2, -0.15) is 9.28 Å². The molecule has 0 bridgehead atoms. The zero-order valence-corrected chi connectivity index (χ0v) is 22.5. The van der Waals surface area contributed by atoms with Crippen molar-refractivity contribution >= 4 is 34.9 Å². The Balaban J connectivity index is 1.63. The third-order valence-electron chi connectivity index (χ3n) is 6.73. The van der Waals surface area contributed by atoms with Crippen LogP contribution in [0.3, 0.4) is 0 Å². The smallest absolute Gasteiger partial charge is 0.414 e. The number of hydrogen-bond donors (Lipinski definition) is 1. The summed E-state index contributed by atoms with van der Waals surface area (Å²) < 4.78 is 5.72. The summed E-state index contributed by atoms with van der Waals surface area (Å²) in [6.07, 6.45) is 2.21. The van der Waals surface area contributed by atoms with Crippen LogP contribution in [0.15, 0.2) is 54.6 Å². The molecule has 7 heteroatoms. The number of rotatable bonds is 8. The molecule has 2 aromatic carbocycles. The van der Waals surface area contributed by atoms with Gasteiger partial charge >= 0.3 is 6.09 Å². The van der Waals surface area contributed by atoms with Crippen molar-refractivity contribution in [2.45, 2.75) is 77.5 Å². The van der Waals surface area contributed by atoms with Crippen molar-refractivity contribution in [1.29, 1.82) is 0 Å². The largest absolute Gasteiger partial charge is 0.522 e. The molecule has 1 fully saturated rings. The molecule has 1 heterocycles. The van der Waals surface area contributed by atoms with E-state index < -0.39 is 11.6 Å². The normalized spacial score (nSPS) is 20.5. The van der Waals surface area contributed by atoms with Crippen LogP contribution in [0.4, 0.5) is 4.79 Å². The number of hydrogen-bond acceptors (Lipinski definition) is 6. The van der Waals surface area contributed by atoms with E-state index in [0.717, 1.165) is 18.4 Å². The maximum absolute atomic E-state index is 13.2. The minimum Gasteiger partial charge on any atom is -0.414 e. The van der Waals surface area contributed by atoms with E-state index in [1.165, 1.54) is 0 Å². The van der Waals surface area contributed by atoms with Crippen molar-refractivity contribution in [1.82, 2.24) is 0 Å². The molecule has 0 saturated carbocycles. The Kier molecular flexibility index (Phi) is 8.93. The molecule has 0 radical (unpaired) electrons. The van der Waals surface area contributed by atoms with Crippen LogP contribution in [0, 0.1) is 0 Å². The van der Waals surface area contributed by atoms with E-state index >= 15 is 0 Å². The zero-order valence-electron chi connectivity index (χ0n) is 21.7. The lowest BCUT2D eigenvalue weighted by atomic mass is 9.96. The number of benzene rings is 2. The molecule has 0 aromatic heterocycles. The fourth-order valence-corrected chi connectivity index (χ4v) is 5.19. The highest BCUT2D eigenvalue weighted by molar-refractivity contribution is 7.80. The number of carbonyl (C=O) groups excluding carboxylic acids is 3. The van der Waals surface area contributed by atoms with E-state index in [1.807, 2.05) is 52.0 Å². The molecule has 3 atom stereocenters. The Labute approximate surface area is 219 Å². The van der Waals surface area contributed by atoms with Gasteiger partial charge in [0.1, 0.15) is 17.4 Å². The number of nitrogens with zero attached hydrogens (tertiary/aromatic N) is 1. The maximum atomic E-state index is 13.2. The summed E-state index contributed by atoms with van der Waals surface area (Å²) in [6, 6.07) is 15.6.